The number of hydrogen-bond acceptors (Lipinski definition) is 4. The van der Waals surface area contributed by atoms with Crippen molar-refractivity contribution < 1.29 is 23.1 Å². The Hall–Kier alpha value is -1.93. The first-order valence-electron chi connectivity index (χ1n) is 7.87. The molecule has 0 radical (unpaired) electrons. The van der Waals surface area contributed by atoms with Gasteiger partial charge in [-0.05, 0) is 48.9 Å². The zero-order valence-electron chi connectivity index (χ0n) is 13.7. The summed E-state index contributed by atoms with van der Waals surface area (Å²) in [5.41, 5.74) is 1.34. The van der Waals surface area contributed by atoms with Gasteiger partial charge in [-0.2, -0.15) is 4.72 Å². The molecule has 2 rings (SSSR count). The van der Waals surface area contributed by atoms with Crippen LogP contribution in [0.1, 0.15) is 38.7 Å². The highest BCUT2D eigenvalue weighted by Crippen LogP contribution is 2.25. The predicted molar refractivity (Wildman–Crippen MR) is 89.2 cm³/mol. The van der Waals surface area contributed by atoms with Crippen LogP contribution < -0.4 is 10.0 Å². The van der Waals surface area contributed by atoms with Gasteiger partial charge in [-0.1, -0.05) is 13.8 Å². The van der Waals surface area contributed by atoms with Crippen molar-refractivity contribution in [1.29, 1.82) is 0 Å². The third-order valence-electron chi connectivity index (χ3n) is 3.81. The molecule has 1 amide bonds. The monoisotopic (exact) mass is 354 g/mol. The van der Waals surface area contributed by atoms with Gasteiger partial charge in [-0.15, -0.1) is 0 Å². The third-order valence-corrected chi connectivity index (χ3v) is 5.28. The Morgan fingerprint density at radius 2 is 2.04 bits per heavy atom. The summed E-state index contributed by atoms with van der Waals surface area (Å²) in [5, 5.41) is 12.0. The maximum absolute atomic E-state index is 12.5. The molecule has 1 aliphatic heterocycles. The number of nitrogens with one attached hydrogen (secondary N) is 2. The molecule has 0 saturated heterocycles. The summed E-state index contributed by atoms with van der Waals surface area (Å²) in [6.45, 7) is 3.66. The lowest BCUT2D eigenvalue weighted by atomic mass is 10.1. The maximum Gasteiger partial charge on any atom is 0.321 e. The van der Waals surface area contributed by atoms with Crippen molar-refractivity contribution in [2.24, 2.45) is 5.92 Å². The number of amides is 1. The Kier molecular flexibility index (Phi) is 5.61. The van der Waals surface area contributed by atoms with Crippen LogP contribution >= 0.6 is 0 Å². The Morgan fingerprint density at radius 3 is 2.67 bits per heavy atom. The first-order chi connectivity index (χ1) is 11.2. The molecule has 0 aromatic heterocycles. The van der Waals surface area contributed by atoms with Gasteiger partial charge in [0.1, 0.15) is 6.04 Å². The molecule has 1 aromatic rings. The van der Waals surface area contributed by atoms with E-state index < -0.39 is 22.0 Å². The number of aliphatic carboxylic acids is 1. The summed E-state index contributed by atoms with van der Waals surface area (Å²) in [5.74, 6) is -1.25. The Bertz CT molecular complexity index is 743. The summed E-state index contributed by atoms with van der Waals surface area (Å²) < 4.78 is 27.3. The van der Waals surface area contributed by atoms with Crippen LogP contribution in [0.15, 0.2) is 23.1 Å². The molecule has 0 saturated carbocycles. The van der Waals surface area contributed by atoms with E-state index in [-0.39, 0.29) is 23.1 Å². The van der Waals surface area contributed by atoms with E-state index in [0.29, 0.717) is 24.9 Å². The summed E-state index contributed by atoms with van der Waals surface area (Å²) in [6, 6.07) is 3.25. The van der Waals surface area contributed by atoms with E-state index >= 15 is 0 Å². The standard InChI is InChI=1S/C16H22N2O5S/c1-10(2)8-14(16(20)21)18-24(22,23)12-6-7-13-11(9-12)4-3-5-15(19)17-13/h6-7,9-10,14,18H,3-5,8H2,1-2H3,(H,17,19)(H,20,21)/t14-/m1/s1. The fraction of sp³-hybridized carbons (Fsp3) is 0.500. The smallest absolute Gasteiger partial charge is 0.321 e. The highest BCUT2D eigenvalue weighted by Gasteiger charge is 2.27. The minimum Gasteiger partial charge on any atom is -0.480 e. The van der Waals surface area contributed by atoms with Crippen LogP contribution in [0, 0.1) is 5.92 Å². The molecule has 24 heavy (non-hydrogen) atoms. The number of sulfonamides is 1. The molecule has 3 N–H and O–H groups in total. The van der Waals surface area contributed by atoms with Crippen LogP contribution in [0.4, 0.5) is 5.69 Å². The van der Waals surface area contributed by atoms with Crippen LogP contribution in [-0.2, 0) is 26.0 Å². The second kappa shape index (κ2) is 7.31. The van der Waals surface area contributed by atoms with Crippen LogP contribution in [0.2, 0.25) is 0 Å². The first kappa shape index (κ1) is 18.4. The fourth-order valence-electron chi connectivity index (χ4n) is 2.64. The van der Waals surface area contributed by atoms with Crippen LogP contribution in [0.3, 0.4) is 0 Å². The average Bonchev–Trinajstić information content (AvgIpc) is 2.65. The van der Waals surface area contributed by atoms with E-state index in [9.17, 15) is 23.1 Å². The fourth-order valence-corrected chi connectivity index (χ4v) is 3.90. The number of fused-ring (bicyclic) bond motifs is 1. The van der Waals surface area contributed by atoms with E-state index in [1.807, 2.05) is 13.8 Å². The van der Waals surface area contributed by atoms with Crippen molar-refractivity contribution in [3.63, 3.8) is 0 Å². The van der Waals surface area contributed by atoms with Gasteiger partial charge in [0.05, 0.1) is 4.90 Å². The summed E-state index contributed by atoms with van der Waals surface area (Å²) >= 11 is 0. The van der Waals surface area contributed by atoms with Crippen LogP contribution in [-0.4, -0.2) is 31.4 Å². The maximum atomic E-state index is 12.5. The molecule has 0 unspecified atom stereocenters. The molecular formula is C16H22N2O5S. The zero-order chi connectivity index (χ0) is 17.9. The van der Waals surface area contributed by atoms with E-state index in [1.54, 1.807) is 6.07 Å². The van der Waals surface area contributed by atoms with Crippen LogP contribution in [0.25, 0.3) is 0 Å². The highest BCUT2D eigenvalue weighted by atomic mass is 32.2. The number of rotatable bonds is 6. The first-order valence-corrected chi connectivity index (χ1v) is 9.35. The van der Waals surface area contributed by atoms with Gasteiger partial charge in [0.25, 0.3) is 0 Å². The van der Waals surface area contributed by atoms with Crippen molar-refractivity contribution in [3.05, 3.63) is 23.8 Å². The second-order valence-corrected chi connectivity index (χ2v) is 8.08. The Labute approximate surface area is 141 Å². The predicted octanol–water partition coefficient (Wildman–Crippen LogP) is 1.74. The summed E-state index contributed by atoms with van der Waals surface area (Å²) in [4.78, 5) is 22.8. The molecule has 1 atom stereocenters. The SMILES string of the molecule is CC(C)C[C@@H](NS(=O)(=O)c1ccc2c(c1)CCCC(=O)N2)C(=O)O. The van der Waals surface area contributed by atoms with Gasteiger partial charge in [0.2, 0.25) is 15.9 Å². The molecule has 1 heterocycles. The lowest BCUT2D eigenvalue weighted by molar-refractivity contribution is -0.139. The quantitative estimate of drug-likeness (QED) is 0.720. The molecule has 8 heteroatoms. The minimum absolute atomic E-state index is 0.00686. The zero-order valence-corrected chi connectivity index (χ0v) is 14.5. The number of carbonyl (C=O) groups is 2. The number of anilines is 1. The Morgan fingerprint density at radius 1 is 1.33 bits per heavy atom. The van der Waals surface area contributed by atoms with Crippen molar-refractivity contribution in [1.82, 2.24) is 4.72 Å². The lowest BCUT2D eigenvalue weighted by Gasteiger charge is -2.17. The number of benzene rings is 1. The van der Waals surface area contributed by atoms with E-state index in [2.05, 4.69) is 10.0 Å². The average molecular weight is 354 g/mol. The van der Waals surface area contributed by atoms with Crippen molar-refractivity contribution in [2.45, 2.75) is 50.5 Å². The van der Waals surface area contributed by atoms with E-state index in [4.69, 9.17) is 0 Å². The topological polar surface area (TPSA) is 113 Å². The van der Waals surface area contributed by atoms with Crippen molar-refractivity contribution in [2.75, 3.05) is 5.32 Å². The highest BCUT2D eigenvalue weighted by molar-refractivity contribution is 7.89. The number of carboxylic acid groups (broad SMARTS) is 1. The number of hydrogen-bond donors (Lipinski definition) is 3. The van der Waals surface area contributed by atoms with Crippen LogP contribution in [0.5, 0.6) is 0 Å². The normalized spacial score (nSPS) is 16.2. The van der Waals surface area contributed by atoms with Gasteiger partial charge in [0, 0.05) is 12.1 Å². The Balaban J connectivity index is 2.27. The lowest BCUT2D eigenvalue weighted by Crippen LogP contribution is -2.41. The largest absolute Gasteiger partial charge is 0.480 e. The van der Waals surface area contributed by atoms with Gasteiger partial charge >= 0.3 is 5.97 Å². The molecular weight excluding hydrogens is 332 g/mol. The van der Waals surface area contributed by atoms with E-state index in [1.165, 1.54) is 12.1 Å². The molecule has 7 nitrogen and oxygen atoms in total. The molecule has 1 aliphatic rings. The molecule has 0 aliphatic carbocycles. The van der Waals surface area contributed by atoms with Gasteiger partial charge in [-0.25, -0.2) is 8.42 Å². The number of carboxylic acids is 1. The van der Waals surface area contributed by atoms with Crippen molar-refractivity contribution >= 4 is 27.6 Å². The van der Waals surface area contributed by atoms with E-state index in [0.717, 1.165) is 5.56 Å². The summed E-state index contributed by atoms with van der Waals surface area (Å²) in [6.07, 6.45) is 1.83. The second-order valence-electron chi connectivity index (χ2n) is 6.36. The number of aryl methyl sites for hydroxylation is 1. The van der Waals surface area contributed by atoms with Gasteiger partial charge < -0.3 is 10.4 Å². The van der Waals surface area contributed by atoms with Crippen molar-refractivity contribution in [3.8, 4) is 0 Å². The number of carbonyl (C=O) groups excluding carboxylic acids is 1. The van der Waals surface area contributed by atoms with Gasteiger partial charge in [-0.3, -0.25) is 9.59 Å². The molecule has 132 valence electrons. The molecule has 0 spiro atoms. The minimum atomic E-state index is -3.95. The van der Waals surface area contributed by atoms with Gasteiger partial charge in [0.15, 0.2) is 0 Å². The molecule has 1 aromatic carbocycles. The molecule has 0 fully saturated rings. The third kappa shape index (κ3) is 4.55. The molecule has 0 bridgehead atoms. The summed E-state index contributed by atoms with van der Waals surface area (Å²) in [7, 11) is -3.95.